The normalized spacial score (nSPS) is 27.3. The highest BCUT2D eigenvalue weighted by atomic mass is 33.1. The molecular weight excluding hydrogens is 849 g/mol. The third-order valence-electron chi connectivity index (χ3n) is 17.7. The Labute approximate surface area is 406 Å². The number of unbranched alkanes of at least 4 members (excludes halogenated alkanes) is 1. The van der Waals surface area contributed by atoms with E-state index in [2.05, 4.69) is 70.5 Å². The summed E-state index contributed by atoms with van der Waals surface area (Å²) >= 11 is 0. The molecule has 3 fully saturated rings. The van der Waals surface area contributed by atoms with E-state index in [0.29, 0.717) is 54.9 Å². The lowest BCUT2D eigenvalue weighted by molar-refractivity contribution is -0.131. The van der Waals surface area contributed by atoms with Gasteiger partial charge in [0.25, 0.3) is 0 Å². The molecule has 0 aromatic rings. The van der Waals surface area contributed by atoms with Crippen molar-refractivity contribution < 1.29 is 24.2 Å². The Hall–Kier alpha value is -1.59. The fourth-order valence-corrected chi connectivity index (χ4v) is 15.9. The van der Waals surface area contributed by atoms with E-state index in [1.165, 1.54) is 70.6 Å². The largest absolute Gasteiger partial charge is 0.465 e. The summed E-state index contributed by atoms with van der Waals surface area (Å²) in [5.41, 5.74) is 1.23. The van der Waals surface area contributed by atoms with E-state index in [-0.39, 0.29) is 17.5 Å². The Morgan fingerprint density at radius 1 is 0.846 bits per heavy atom. The summed E-state index contributed by atoms with van der Waals surface area (Å²) < 4.78 is 5.56. The Morgan fingerprint density at radius 2 is 1.54 bits per heavy atom. The van der Waals surface area contributed by atoms with Crippen LogP contribution < -0.4 is 16.0 Å². The zero-order valence-corrected chi connectivity index (χ0v) is 45.3. The van der Waals surface area contributed by atoms with Crippen molar-refractivity contribution >= 4 is 39.7 Å². The maximum Gasteiger partial charge on any atom is 0.408 e. The molecule has 376 valence electrons. The fraction of sp³-hybridized carbons (Fsp3) is 0.907. The zero-order valence-electron chi connectivity index (χ0n) is 43.6. The van der Waals surface area contributed by atoms with Crippen molar-refractivity contribution in [3.8, 4) is 0 Å². The summed E-state index contributed by atoms with van der Waals surface area (Å²) in [5, 5.41) is 19.8. The number of carboxylic acid groups (broad SMARTS) is 1. The molecule has 9 nitrogen and oxygen atoms in total. The SMILES string of the molecule is CCC(CC)(CCN(CCCCNCCC(CC)(CC)NC(=O)OC(C)(C)C)C(=O)CCSS[C@H]1CC[C@@]2(C)C(=CC[C@H]3[C@@H]4CC[C@H](C(C)CCCC(C)C)[C@@]4(C)CC[C@@H]32)C1)NC(=O)O. The van der Waals surface area contributed by atoms with E-state index in [1.54, 1.807) is 5.57 Å². The zero-order chi connectivity index (χ0) is 48.1. The molecule has 3 saturated carbocycles. The number of carbonyl (C=O) groups excluding carboxylic acids is 2. The molecule has 65 heavy (non-hydrogen) atoms. The van der Waals surface area contributed by atoms with Gasteiger partial charge in [-0.2, -0.15) is 0 Å². The van der Waals surface area contributed by atoms with Gasteiger partial charge in [-0.3, -0.25) is 4.79 Å². The minimum atomic E-state index is -1.00. The Bertz CT molecular complexity index is 1530. The summed E-state index contributed by atoms with van der Waals surface area (Å²) in [6, 6.07) is 0. The van der Waals surface area contributed by atoms with Crippen LogP contribution in [0.4, 0.5) is 9.59 Å². The molecule has 8 atom stereocenters. The molecule has 0 heterocycles. The lowest BCUT2D eigenvalue weighted by Gasteiger charge is -2.58. The molecule has 11 heteroatoms. The minimum absolute atomic E-state index is 0.173. The minimum Gasteiger partial charge on any atom is -0.465 e. The van der Waals surface area contributed by atoms with Crippen LogP contribution in [0, 0.1) is 46.3 Å². The highest BCUT2D eigenvalue weighted by Crippen LogP contribution is 2.67. The number of allylic oxidation sites excluding steroid dienone is 2. The van der Waals surface area contributed by atoms with E-state index >= 15 is 0 Å². The quantitative estimate of drug-likeness (QED) is 0.0365. The number of rotatable bonds is 27. The van der Waals surface area contributed by atoms with Crippen molar-refractivity contribution in [2.75, 3.05) is 31.9 Å². The number of amides is 3. The van der Waals surface area contributed by atoms with Gasteiger partial charge in [0, 0.05) is 41.6 Å². The van der Waals surface area contributed by atoms with Crippen LogP contribution in [-0.2, 0) is 9.53 Å². The second-order valence-corrected chi connectivity index (χ2v) is 26.0. The van der Waals surface area contributed by atoms with Crippen molar-refractivity contribution in [2.45, 2.75) is 233 Å². The summed E-state index contributed by atoms with van der Waals surface area (Å²) in [5.74, 6) is 6.14. The third-order valence-corrected chi connectivity index (χ3v) is 20.6. The van der Waals surface area contributed by atoms with Gasteiger partial charge < -0.3 is 30.7 Å². The van der Waals surface area contributed by atoms with Gasteiger partial charge in [0.1, 0.15) is 5.60 Å². The van der Waals surface area contributed by atoms with Crippen LogP contribution in [0.1, 0.15) is 212 Å². The van der Waals surface area contributed by atoms with Crippen molar-refractivity contribution in [1.82, 2.24) is 20.9 Å². The number of hydrogen-bond donors (Lipinski definition) is 4. The number of ether oxygens (including phenoxy) is 1. The molecular formula is C54H98N4O5S2. The van der Waals surface area contributed by atoms with Crippen molar-refractivity contribution in [2.24, 2.45) is 46.3 Å². The molecule has 0 aliphatic heterocycles. The maximum absolute atomic E-state index is 13.9. The molecule has 4 aliphatic rings. The molecule has 4 aliphatic carbocycles. The van der Waals surface area contributed by atoms with Crippen molar-refractivity contribution in [1.29, 1.82) is 0 Å². The lowest BCUT2D eigenvalue weighted by atomic mass is 9.47. The third kappa shape index (κ3) is 15.5. The molecule has 0 saturated heterocycles. The Balaban J connectivity index is 1.26. The van der Waals surface area contributed by atoms with E-state index in [0.717, 1.165) is 86.5 Å². The molecule has 3 amide bonds. The molecule has 0 spiro atoms. The number of nitrogens with one attached hydrogen (secondary N) is 3. The van der Waals surface area contributed by atoms with Crippen molar-refractivity contribution in [3.05, 3.63) is 11.6 Å². The van der Waals surface area contributed by atoms with E-state index in [4.69, 9.17) is 4.74 Å². The number of fused-ring (bicyclic) bond motifs is 5. The standard InChI is InChI=1S/C54H98N4O5S2/c1-13-53(14-2,57-49(62)63-50(8,9)10)31-34-55-33-17-18-35-58(36-32-54(15-3,16-4)56-48(60)61)47(59)28-37-64-65-42-26-29-51(11)41(38-42)22-23-43-45-25-24-44(40(7)21-19-20-39(5)6)52(45,12)30-27-46(43)51/h22,39-40,42-46,55-56H,13-21,23-38H2,1-12H3,(H,57,62)(H,60,61)/t40?,42-,43-,44+,45-,46-,51-,52+/m0/s1. The first-order valence-electron chi connectivity index (χ1n) is 26.7. The van der Waals surface area contributed by atoms with Crippen LogP contribution >= 0.6 is 21.6 Å². The van der Waals surface area contributed by atoms with Gasteiger partial charge in [0.05, 0.1) is 0 Å². The Morgan fingerprint density at radius 3 is 2.18 bits per heavy atom. The number of carbonyl (C=O) groups is 3. The predicted molar refractivity (Wildman–Crippen MR) is 277 cm³/mol. The van der Waals surface area contributed by atoms with E-state index in [1.807, 2.05) is 61.1 Å². The first-order chi connectivity index (χ1) is 30.7. The fourth-order valence-electron chi connectivity index (χ4n) is 13.3. The van der Waals surface area contributed by atoms with Gasteiger partial charge in [-0.15, -0.1) is 0 Å². The summed E-state index contributed by atoms with van der Waals surface area (Å²) in [4.78, 5) is 40.3. The maximum atomic E-state index is 13.9. The summed E-state index contributed by atoms with van der Waals surface area (Å²) in [7, 11) is 3.91. The summed E-state index contributed by atoms with van der Waals surface area (Å²) in [6.07, 6.45) is 23.1. The second-order valence-electron chi connectivity index (χ2n) is 23.2. The molecule has 0 bridgehead atoms. The van der Waals surface area contributed by atoms with Gasteiger partial charge >= 0.3 is 12.2 Å². The van der Waals surface area contributed by atoms with Gasteiger partial charge in [-0.1, -0.05) is 115 Å². The van der Waals surface area contributed by atoms with Crippen molar-refractivity contribution in [3.63, 3.8) is 0 Å². The van der Waals surface area contributed by atoms with Crippen LogP contribution in [-0.4, -0.2) is 82.0 Å². The second kappa shape index (κ2) is 25.3. The molecule has 4 N–H and O–H groups in total. The smallest absolute Gasteiger partial charge is 0.408 e. The topological polar surface area (TPSA) is 120 Å². The molecule has 0 radical (unpaired) electrons. The summed E-state index contributed by atoms with van der Waals surface area (Å²) in [6.45, 7) is 29.4. The van der Waals surface area contributed by atoms with E-state index < -0.39 is 17.2 Å². The monoisotopic (exact) mass is 947 g/mol. The van der Waals surface area contributed by atoms with Gasteiger partial charge in [0.15, 0.2) is 0 Å². The molecule has 0 aromatic heterocycles. The van der Waals surface area contributed by atoms with Gasteiger partial charge in [-0.05, 0) is 183 Å². The predicted octanol–water partition coefficient (Wildman–Crippen LogP) is 14.1. The molecule has 4 rings (SSSR count). The van der Waals surface area contributed by atoms with Crippen LogP contribution in [0.25, 0.3) is 0 Å². The highest BCUT2D eigenvalue weighted by molar-refractivity contribution is 8.76. The average Bonchev–Trinajstić information content (AvgIpc) is 3.61. The Kier molecular flexibility index (Phi) is 21.8. The van der Waals surface area contributed by atoms with Crippen LogP contribution in [0.3, 0.4) is 0 Å². The number of hydrogen-bond acceptors (Lipinski definition) is 7. The van der Waals surface area contributed by atoms with Gasteiger partial charge in [-0.25, -0.2) is 9.59 Å². The van der Waals surface area contributed by atoms with Crippen LogP contribution in [0.2, 0.25) is 0 Å². The number of alkyl carbamates (subject to hydrolysis) is 1. The van der Waals surface area contributed by atoms with Crippen LogP contribution in [0.5, 0.6) is 0 Å². The van der Waals surface area contributed by atoms with E-state index in [9.17, 15) is 19.5 Å². The number of nitrogens with zero attached hydrogens (tertiary/aromatic N) is 1. The molecule has 0 aromatic carbocycles. The first-order valence-corrected chi connectivity index (χ1v) is 29.1. The molecule has 1 unspecified atom stereocenters. The highest BCUT2D eigenvalue weighted by Gasteiger charge is 2.59. The first kappa shape index (κ1) is 56.0. The lowest BCUT2D eigenvalue weighted by Crippen LogP contribution is -2.50. The van der Waals surface area contributed by atoms with Gasteiger partial charge in [0.2, 0.25) is 5.91 Å². The van der Waals surface area contributed by atoms with Crippen LogP contribution in [0.15, 0.2) is 11.6 Å². The average molecular weight is 948 g/mol.